The van der Waals surface area contributed by atoms with E-state index in [1.807, 2.05) is 13.8 Å². The molecule has 7 heteroatoms. The lowest BCUT2D eigenvalue weighted by molar-refractivity contribution is -0.123. The third-order valence-corrected chi connectivity index (χ3v) is 4.29. The highest BCUT2D eigenvalue weighted by Crippen LogP contribution is 2.16. The Hall–Kier alpha value is -1.66. The third kappa shape index (κ3) is 5.97. The highest BCUT2D eigenvalue weighted by Gasteiger charge is 2.27. The molecule has 0 unspecified atom stereocenters. The molecule has 1 heterocycles. The van der Waals surface area contributed by atoms with Gasteiger partial charge in [0, 0.05) is 19.1 Å². The molecule has 140 valence electrons. The molecule has 0 saturated carbocycles. The number of halogens is 2. The van der Waals surface area contributed by atoms with Crippen LogP contribution in [0, 0.1) is 11.7 Å². The van der Waals surface area contributed by atoms with Gasteiger partial charge >= 0.3 is 0 Å². The second-order valence-corrected chi connectivity index (χ2v) is 6.79. The number of rotatable bonds is 5. The Morgan fingerprint density at radius 1 is 1.28 bits per heavy atom. The van der Waals surface area contributed by atoms with Gasteiger partial charge in [-0.25, -0.2) is 4.39 Å². The lowest BCUT2D eigenvalue weighted by Crippen LogP contribution is -2.50. The number of likely N-dealkylation sites (tertiary alicyclic amines) is 1. The fraction of sp³-hybridized carbons (Fsp3) is 0.556. The van der Waals surface area contributed by atoms with E-state index < -0.39 is 11.9 Å². The fourth-order valence-electron chi connectivity index (χ4n) is 2.96. The van der Waals surface area contributed by atoms with Crippen molar-refractivity contribution >= 4 is 24.2 Å². The van der Waals surface area contributed by atoms with Crippen molar-refractivity contribution in [2.75, 3.05) is 13.1 Å². The molecule has 0 spiro atoms. The van der Waals surface area contributed by atoms with Gasteiger partial charge in [0.1, 0.15) is 5.82 Å². The van der Waals surface area contributed by atoms with E-state index in [0.717, 1.165) is 0 Å². The van der Waals surface area contributed by atoms with Crippen LogP contribution in [0.25, 0.3) is 0 Å². The summed E-state index contributed by atoms with van der Waals surface area (Å²) in [5.74, 6) is -0.569. The Morgan fingerprint density at radius 3 is 2.44 bits per heavy atom. The average molecular weight is 372 g/mol. The van der Waals surface area contributed by atoms with Gasteiger partial charge in [0.05, 0.1) is 11.6 Å². The number of carbonyl (C=O) groups is 2. The molecule has 5 nitrogen and oxygen atoms in total. The van der Waals surface area contributed by atoms with Crippen molar-refractivity contribution in [3.05, 3.63) is 35.6 Å². The second kappa shape index (κ2) is 9.73. The number of nitrogens with two attached hydrogens (primary N) is 1. The van der Waals surface area contributed by atoms with Crippen molar-refractivity contribution in [2.45, 2.75) is 45.2 Å². The Balaban J connectivity index is 0.00000312. The Bertz CT molecular complexity index is 589. The Labute approximate surface area is 154 Å². The summed E-state index contributed by atoms with van der Waals surface area (Å²) in [6, 6.07) is 5.52. The maximum absolute atomic E-state index is 13.7. The van der Waals surface area contributed by atoms with Crippen molar-refractivity contribution < 1.29 is 14.0 Å². The van der Waals surface area contributed by atoms with E-state index in [0.29, 0.717) is 38.3 Å². The number of hydrogen-bond acceptors (Lipinski definition) is 3. The molecule has 1 aromatic carbocycles. The molecule has 0 aliphatic carbocycles. The van der Waals surface area contributed by atoms with Gasteiger partial charge in [-0.05, 0) is 37.3 Å². The molecule has 3 N–H and O–H groups in total. The molecule has 1 aliphatic heterocycles. The summed E-state index contributed by atoms with van der Waals surface area (Å²) in [4.78, 5) is 26.1. The molecule has 1 saturated heterocycles. The summed E-state index contributed by atoms with van der Waals surface area (Å²) in [5.41, 5.74) is 5.98. The van der Waals surface area contributed by atoms with Crippen LogP contribution in [0.5, 0.6) is 0 Å². The monoisotopic (exact) mass is 371 g/mol. The number of carbonyl (C=O) groups excluding carboxylic acids is 2. The third-order valence-electron chi connectivity index (χ3n) is 4.29. The average Bonchev–Trinajstić information content (AvgIpc) is 2.54. The van der Waals surface area contributed by atoms with Crippen molar-refractivity contribution in [3.8, 4) is 0 Å². The summed E-state index contributed by atoms with van der Waals surface area (Å²) >= 11 is 0. The standard InChI is InChI=1S/C18H26FN3O2.ClH/c1-12(2)11-16(20)17(23)21-13-7-9-22(10-8-13)18(24)14-5-3-4-6-15(14)19;/h3-6,12-13,16H,7-11,20H2,1-2H3,(H,21,23);1H/t16-;/m0./s1. The van der Waals surface area contributed by atoms with E-state index in [4.69, 9.17) is 5.73 Å². The molecule has 1 atom stereocenters. The lowest BCUT2D eigenvalue weighted by Gasteiger charge is -2.33. The van der Waals surface area contributed by atoms with Crippen LogP contribution in [0.2, 0.25) is 0 Å². The van der Waals surface area contributed by atoms with Gasteiger partial charge in [-0.15, -0.1) is 12.4 Å². The zero-order valence-corrected chi connectivity index (χ0v) is 15.5. The number of nitrogens with zero attached hydrogens (tertiary/aromatic N) is 1. The van der Waals surface area contributed by atoms with Crippen molar-refractivity contribution in [1.82, 2.24) is 10.2 Å². The quantitative estimate of drug-likeness (QED) is 0.834. The maximum atomic E-state index is 13.7. The molecule has 0 bridgehead atoms. The van der Waals surface area contributed by atoms with Crippen LogP contribution >= 0.6 is 12.4 Å². The first-order chi connectivity index (χ1) is 11.4. The van der Waals surface area contributed by atoms with Crippen LogP contribution in [0.1, 0.15) is 43.5 Å². The first kappa shape index (κ1) is 21.4. The maximum Gasteiger partial charge on any atom is 0.256 e. The van der Waals surface area contributed by atoms with Gasteiger partial charge in [0.15, 0.2) is 0 Å². The molecule has 0 radical (unpaired) electrons. The molecule has 2 rings (SSSR count). The minimum atomic E-state index is -0.502. The zero-order chi connectivity index (χ0) is 17.7. The van der Waals surface area contributed by atoms with Gasteiger partial charge in [-0.1, -0.05) is 26.0 Å². The Morgan fingerprint density at radius 2 is 1.88 bits per heavy atom. The Kier molecular flexibility index (Phi) is 8.32. The van der Waals surface area contributed by atoms with Crippen molar-refractivity contribution in [3.63, 3.8) is 0 Å². The predicted molar refractivity (Wildman–Crippen MR) is 98.1 cm³/mol. The van der Waals surface area contributed by atoms with E-state index >= 15 is 0 Å². The van der Waals surface area contributed by atoms with Crippen molar-refractivity contribution in [1.29, 1.82) is 0 Å². The molecule has 1 aliphatic rings. The first-order valence-corrected chi connectivity index (χ1v) is 8.48. The molecule has 25 heavy (non-hydrogen) atoms. The van der Waals surface area contributed by atoms with E-state index in [1.54, 1.807) is 17.0 Å². The molecular weight excluding hydrogens is 345 g/mol. The van der Waals surface area contributed by atoms with E-state index in [-0.39, 0.29) is 35.8 Å². The molecule has 1 aromatic rings. The minimum absolute atomic E-state index is 0. The summed E-state index contributed by atoms with van der Waals surface area (Å²) in [5, 5.41) is 2.96. The fourth-order valence-corrected chi connectivity index (χ4v) is 2.96. The molecular formula is C18H27ClFN3O2. The van der Waals surface area contributed by atoms with Crippen LogP contribution in [0.4, 0.5) is 4.39 Å². The van der Waals surface area contributed by atoms with Gasteiger partial charge in [0.25, 0.3) is 5.91 Å². The normalized spacial score (nSPS) is 16.3. The van der Waals surface area contributed by atoms with Crippen LogP contribution < -0.4 is 11.1 Å². The van der Waals surface area contributed by atoms with Crippen LogP contribution in [0.15, 0.2) is 24.3 Å². The van der Waals surface area contributed by atoms with Gasteiger partial charge < -0.3 is 16.0 Å². The number of nitrogens with one attached hydrogen (secondary N) is 1. The van der Waals surface area contributed by atoms with Crippen LogP contribution in [-0.2, 0) is 4.79 Å². The number of amides is 2. The van der Waals surface area contributed by atoms with Gasteiger partial charge in [-0.3, -0.25) is 9.59 Å². The predicted octanol–water partition coefficient (Wildman–Crippen LogP) is 2.34. The highest BCUT2D eigenvalue weighted by atomic mass is 35.5. The minimum Gasteiger partial charge on any atom is -0.352 e. The lowest BCUT2D eigenvalue weighted by atomic mass is 10.0. The summed E-state index contributed by atoms with van der Waals surface area (Å²) in [6.07, 6.45) is 1.96. The van der Waals surface area contributed by atoms with Crippen LogP contribution in [-0.4, -0.2) is 41.9 Å². The molecule has 2 amide bonds. The van der Waals surface area contributed by atoms with Crippen molar-refractivity contribution in [2.24, 2.45) is 11.7 Å². The number of piperidine rings is 1. The highest BCUT2D eigenvalue weighted by molar-refractivity contribution is 5.94. The summed E-state index contributed by atoms with van der Waals surface area (Å²) in [6.45, 7) is 5.05. The van der Waals surface area contributed by atoms with E-state index in [2.05, 4.69) is 5.32 Å². The van der Waals surface area contributed by atoms with E-state index in [1.165, 1.54) is 12.1 Å². The number of benzene rings is 1. The topological polar surface area (TPSA) is 75.4 Å². The van der Waals surface area contributed by atoms with Crippen LogP contribution in [0.3, 0.4) is 0 Å². The molecule has 1 fully saturated rings. The SMILES string of the molecule is CC(C)C[C@H](N)C(=O)NC1CCN(C(=O)c2ccccc2F)CC1.Cl. The largest absolute Gasteiger partial charge is 0.352 e. The van der Waals surface area contributed by atoms with E-state index in [9.17, 15) is 14.0 Å². The molecule has 0 aromatic heterocycles. The first-order valence-electron chi connectivity index (χ1n) is 8.48. The number of hydrogen-bond donors (Lipinski definition) is 2. The zero-order valence-electron chi connectivity index (χ0n) is 14.7. The summed E-state index contributed by atoms with van der Waals surface area (Å²) < 4.78 is 13.7. The smallest absolute Gasteiger partial charge is 0.256 e. The van der Waals surface area contributed by atoms with Gasteiger partial charge in [-0.2, -0.15) is 0 Å². The van der Waals surface area contributed by atoms with Gasteiger partial charge in [0.2, 0.25) is 5.91 Å². The summed E-state index contributed by atoms with van der Waals surface area (Å²) in [7, 11) is 0. The second-order valence-electron chi connectivity index (χ2n) is 6.79.